The number of ether oxygens (including phenoxy) is 1. The second-order valence-electron chi connectivity index (χ2n) is 4.85. The summed E-state index contributed by atoms with van der Waals surface area (Å²) in [5, 5.41) is 3.44. The maximum absolute atomic E-state index is 11.5. The number of aromatic amines is 1. The summed E-state index contributed by atoms with van der Waals surface area (Å²) < 4.78 is 4.73. The normalized spacial score (nSPS) is 11.5. The zero-order chi connectivity index (χ0) is 12.9. The molecule has 4 heteroatoms. The molecular weight excluding hydrogens is 216 g/mol. The molecule has 0 saturated heterocycles. The van der Waals surface area contributed by atoms with Crippen LogP contribution in [0, 0.1) is 0 Å². The molecule has 0 unspecified atom stereocenters. The Morgan fingerprint density at radius 3 is 2.82 bits per heavy atom. The molecule has 0 aliphatic carbocycles. The molecule has 0 fully saturated rings. The Labute approximate surface area is 103 Å². The summed E-state index contributed by atoms with van der Waals surface area (Å²) in [6.07, 6.45) is 3.99. The van der Waals surface area contributed by atoms with E-state index in [-0.39, 0.29) is 11.5 Å². The predicted octanol–water partition coefficient (Wildman–Crippen LogP) is 2.47. The average molecular weight is 238 g/mol. The van der Waals surface area contributed by atoms with Crippen molar-refractivity contribution in [1.82, 2.24) is 10.3 Å². The van der Waals surface area contributed by atoms with Gasteiger partial charge in [0.1, 0.15) is 0 Å². The minimum Gasteiger partial charge on any atom is -0.465 e. The lowest BCUT2D eigenvalue weighted by Gasteiger charge is -2.25. The number of rotatable bonds is 6. The first kappa shape index (κ1) is 13.8. The van der Waals surface area contributed by atoms with Crippen LogP contribution in [0.3, 0.4) is 0 Å². The van der Waals surface area contributed by atoms with Gasteiger partial charge in [-0.2, -0.15) is 0 Å². The first-order valence-corrected chi connectivity index (χ1v) is 5.99. The third-order valence-corrected chi connectivity index (χ3v) is 2.86. The monoisotopic (exact) mass is 238 g/mol. The summed E-state index contributed by atoms with van der Waals surface area (Å²) in [6, 6.07) is 1.75. The van der Waals surface area contributed by atoms with E-state index in [1.807, 2.05) is 0 Å². The van der Waals surface area contributed by atoms with E-state index in [4.69, 9.17) is 4.74 Å². The number of H-pyrrole nitrogens is 1. The second kappa shape index (κ2) is 5.87. The van der Waals surface area contributed by atoms with Gasteiger partial charge in [-0.15, -0.1) is 0 Å². The van der Waals surface area contributed by atoms with E-state index in [0.717, 1.165) is 18.5 Å². The molecular formula is C13H22N2O2. The molecule has 17 heavy (non-hydrogen) atoms. The van der Waals surface area contributed by atoms with Gasteiger partial charge in [-0.25, -0.2) is 4.79 Å². The zero-order valence-electron chi connectivity index (χ0n) is 11.1. The van der Waals surface area contributed by atoms with Crippen molar-refractivity contribution in [3.05, 3.63) is 23.5 Å². The smallest absolute Gasteiger partial charge is 0.339 e. The molecule has 1 aromatic heterocycles. The molecule has 96 valence electrons. The van der Waals surface area contributed by atoms with Crippen molar-refractivity contribution < 1.29 is 9.53 Å². The molecule has 1 rings (SSSR count). The molecule has 1 heterocycles. The van der Waals surface area contributed by atoms with Crippen LogP contribution < -0.4 is 5.32 Å². The van der Waals surface area contributed by atoms with Crippen LogP contribution in [0.5, 0.6) is 0 Å². The van der Waals surface area contributed by atoms with Crippen molar-refractivity contribution in [1.29, 1.82) is 0 Å². The molecule has 0 aliphatic heterocycles. The highest BCUT2D eigenvalue weighted by molar-refractivity contribution is 5.90. The summed E-state index contributed by atoms with van der Waals surface area (Å²) in [6.45, 7) is 7.14. The van der Waals surface area contributed by atoms with Gasteiger partial charge in [0, 0.05) is 24.0 Å². The fraction of sp³-hybridized carbons (Fsp3) is 0.615. The van der Waals surface area contributed by atoms with Crippen LogP contribution in [0.25, 0.3) is 0 Å². The molecule has 0 atom stereocenters. The van der Waals surface area contributed by atoms with E-state index < -0.39 is 0 Å². The summed E-state index contributed by atoms with van der Waals surface area (Å²) in [5.41, 5.74) is 1.56. The SMILES string of the molecule is CCCC(C)(C)NCc1[nH]ccc1C(=O)OC. The lowest BCUT2D eigenvalue weighted by atomic mass is 9.99. The van der Waals surface area contributed by atoms with Gasteiger partial charge in [-0.1, -0.05) is 13.3 Å². The topological polar surface area (TPSA) is 54.1 Å². The summed E-state index contributed by atoms with van der Waals surface area (Å²) in [5.74, 6) is -0.295. The molecule has 0 radical (unpaired) electrons. The summed E-state index contributed by atoms with van der Waals surface area (Å²) in [4.78, 5) is 14.5. The standard InChI is InChI=1S/C13H22N2O2/c1-5-7-13(2,3)15-9-11-10(6-8-14-11)12(16)17-4/h6,8,14-15H,5,7,9H2,1-4H3. The van der Waals surface area contributed by atoms with Gasteiger partial charge in [0.15, 0.2) is 0 Å². The lowest BCUT2D eigenvalue weighted by Crippen LogP contribution is -2.38. The molecule has 0 bridgehead atoms. The van der Waals surface area contributed by atoms with Crippen molar-refractivity contribution in [3.8, 4) is 0 Å². The van der Waals surface area contributed by atoms with Gasteiger partial charge in [-0.3, -0.25) is 0 Å². The molecule has 2 N–H and O–H groups in total. The number of hydrogen-bond donors (Lipinski definition) is 2. The highest BCUT2D eigenvalue weighted by Crippen LogP contribution is 2.14. The molecule has 0 saturated carbocycles. The Hall–Kier alpha value is -1.29. The van der Waals surface area contributed by atoms with Crippen LogP contribution in [0.15, 0.2) is 12.3 Å². The first-order valence-electron chi connectivity index (χ1n) is 5.99. The largest absolute Gasteiger partial charge is 0.465 e. The third kappa shape index (κ3) is 3.89. The van der Waals surface area contributed by atoms with Crippen molar-refractivity contribution in [3.63, 3.8) is 0 Å². The first-order chi connectivity index (χ1) is 8.00. The van der Waals surface area contributed by atoms with Crippen LogP contribution in [-0.2, 0) is 11.3 Å². The third-order valence-electron chi connectivity index (χ3n) is 2.86. The van der Waals surface area contributed by atoms with Crippen molar-refractivity contribution >= 4 is 5.97 Å². The number of esters is 1. The number of aromatic nitrogens is 1. The van der Waals surface area contributed by atoms with E-state index in [9.17, 15) is 4.79 Å². The minimum atomic E-state index is -0.295. The van der Waals surface area contributed by atoms with E-state index in [1.54, 1.807) is 12.3 Å². The Morgan fingerprint density at radius 2 is 2.24 bits per heavy atom. The van der Waals surface area contributed by atoms with Crippen LogP contribution in [0.2, 0.25) is 0 Å². The van der Waals surface area contributed by atoms with Crippen LogP contribution in [0.4, 0.5) is 0 Å². The number of carbonyl (C=O) groups is 1. The van der Waals surface area contributed by atoms with E-state index in [1.165, 1.54) is 7.11 Å². The number of hydrogen-bond acceptors (Lipinski definition) is 3. The Bertz CT molecular complexity index is 369. The molecule has 1 aromatic rings. The van der Waals surface area contributed by atoms with Gasteiger partial charge in [0.25, 0.3) is 0 Å². The van der Waals surface area contributed by atoms with Crippen LogP contribution in [-0.4, -0.2) is 23.6 Å². The highest BCUT2D eigenvalue weighted by Gasteiger charge is 2.18. The number of carbonyl (C=O) groups excluding carboxylic acids is 1. The lowest BCUT2D eigenvalue weighted by molar-refractivity contribution is 0.0599. The van der Waals surface area contributed by atoms with Crippen LogP contribution in [0.1, 0.15) is 49.7 Å². The molecule has 0 aliphatic rings. The summed E-state index contributed by atoms with van der Waals surface area (Å²) in [7, 11) is 1.40. The minimum absolute atomic E-state index is 0.0766. The van der Waals surface area contributed by atoms with Crippen LogP contribution >= 0.6 is 0 Å². The number of methoxy groups -OCH3 is 1. The fourth-order valence-corrected chi connectivity index (χ4v) is 1.89. The van der Waals surface area contributed by atoms with Gasteiger partial charge in [0.05, 0.1) is 12.7 Å². The van der Waals surface area contributed by atoms with E-state index >= 15 is 0 Å². The van der Waals surface area contributed by atoms with Gasteiger partial charge < -0.3 is 15.0 Å². The molecule has 0 spiro atoms. The quantitative estimate of drug-likeness (QED) is 0.749. The Balaban J connectivity index is 2.64. The van der Waals surface area contributed by atoms with Gasteiger partial charge in [-0.05, 0) is 26.3 Å². The van der Waals surface area contributed by atoms with Gasteiger partial charge >= 0.3 is 5.97 Å². The van der Waals surface area contributed by atoms with E-state index in [2.05, 4.69) is 31.1 Å². The predicted molar refractivity (Wildman–Crippen MR) is 68.0 cm³/mol. The molecule has 4 nitrogen and oxygen atoms in total. The average Bonchev–Trinajstić information content (AvgIpc) is 2.73. The number of nitrogens with one attached hydrogen (secondary N) is 2. The summed E-state index contributed by atoms with van der Waals surface area (Å²) >= 11 is 0. The highest BCUT2D eigenvalue weighted by atomic mass is 16.5. The van der Waals surface area contributed by atoms with Crippen molar-refractivity contribution in [2.45, 2.75) is 45.7 Å². The van der Waals surface area contributed by atoms with Gasteiger partial charge in [0.2, 0.25) is 0 Å². The zero-order valence-corrected chi connectivity index (χ0v) is 11.1. The maximum atomic E-state index is 11.5. The van der Waals surface area contributed by atoms with Crippen molar-refractivity contribution in [2.75, 3.05) is 7.11 Å². The maximum Gasteiger partial charge on any atom is 0.339 e. The fourth-order valence-electron chi connectivity index (χ4n) is 1.89. The van der Waals surface area contributed by atoms with Crippen molar-refractivity contribution in [2.24, 2.45) is 0 Å². The Morgan fingerprint density at radius 1 is 1.53 bits per heavy atom. The molecule has 0 aromatic carbocycles. The van der Waals surface area contributed by atoms with E-state index in [0.29, 0.717) is 12.1 Å². The second-order valence-corrected chi connectivity index (χ2v) is 4.85. The molecule has 0 amide bonds. The Kier molecular flexibility index (Phi) is 4.75.